The lowest BCUT2D eigenvalue weighted by molar-refractivity contribution is 0.208. The Kier molecular flexibility index (Phi) is 4.54. The van der Waals surface area contributed by atoms with E-state index < -0.39 is 32.1 Å². The molecular formula is C18H17ClF2O3S. The van der Waals surface area contributed by atoms with Crippen LogP contribution in [0.3, 0.4) is 0 Å². The predicted molar refractivity (Wildman–Crippen MR) is 91.6 cm³/mol. The highest BCUT2D eigenvalue weighted by Gasteiger charge is 2.54. The number of rotatable bonds is 3. The van der Waals surface area contributed by atoms with Crippen LogP contribution in [0.2, 0.25) is 5.02 Å². The van der Waals surface area contributed by atoms with E-state index >= 15 is 0 Å². The molecule has 2 aromatic rings. The van der Waals surface area contributed by atoms with Crippen LogP contribution in [0.1, 0.15) is 25.8 Å². The van der Waals surface area contributed by atoms with Crippen LogP contribution in [0, 0.1) is 17.6 Å². The Morgan fingerprint density at radius 1 is 1.08 bits per heavy atom. The van der Waals surface area contributed by atoms with Crippen LogP contribution >= 0.6 is 11.6 Å². The first-order chi connectivity index (χ1) is 11.7. The van der Waals surface area contributed by atoms with Crippen LogP contribution in [0.4, 0.5) is 8.78 Å². The number of hydrogen-bond donors (Lipinski definition) is 0. The van der Waals surface area contributed by atoms with Crippen molar-refractivity contribution in [2.45, 2.75) is 29.9 Å². The summed E-state index contributed by atoms with van der Waals surface area (Å²) in [5, 5.41) is 0.391. The largest absolute Gasteiger partial charge is 0.490 e. The van der Waals surface area contributed by atoms with Gasteiger partial charge in [-0.25, -0.2) is 17.2 Å². The van der Waals surface area contributed by atoms with Gasteiger partial charge in [-0.05, 0) is 42.3 Å². The number of hydrogen-bond acceptors (Lipinski definition) is 3. The third-order valence-electron chi connectivity index (χ3n) is 4.74. The zero-order valence-corrected chi connectivity index (χ0v) is 15.3. The van der Waals surface area contributed by atoms with Crippen LogP contribution in [0.5, 0.6) is 5.75 Å². The fourth-order valence-corrected chi connectivity index (χ4v) is 5.95. The van der Waals surface area contributed by atoms with Gasteiger partial charge in [-0.3, -0.25) is 0 Å². The van der Waals surface area contributed by atoms with Crippen molar-refractivity contribution in [3.8, 4) is 5.75 Å². The second-order valence-corrected chi connectivity index (χ2v) is 8.98. The van der Waals surface area contributed by atoms with Gasteiger partial charge in [0.05, 0.1) is 17.1 Å². The van der Waals surface area contributed by atoms with Crippen molar-refractivity contribution in [1.82, 2.24) is 0 Å². The van der Waals surface area contributed by atoms with Crippen molar-refractivity contribution in [2.75, 3.05) is 6.61 Å². The molecule has 0 saturated carbocycles. The third-order valence-corrected chi connectivity index (χ3v) is 7.72. The first-order valence-electron chi connectivity index (χ1n) is 7.83. The van der Waals surface area contributed by atoms with Crippen molar-refractivity contribution in [2.24, 2.45) is 5.92 Å². The minimum Gasteiger partial charge on any atom is -0.490 e. The molecule has 3 rings (SSSR count). The van der Waals surface area contributed by atoms with Gasteiger partial charge in [0.15, 0.2) is 21.4 Å². The third kappa shape index (κ3) is 2.62. The molecule has 134 valence electrons. The minimum absolute atomic E-state index is 0.0155. The summed E-state index contributed by atoms with van der Waals surface area (Å²) in [6.07, 6.45) is 0.0308. The lowest BCUT2D eigenvalue weighted by Gasteiger charge is -2.41. The van der Waals surface area contributed by atoms with E-state index in [9.17, 15) is 17.2 Å². The smallest absolute Gasteiger partial charge is 0.188 e. The summed E-state index contributed by atoms with van der Waals surface area (Å²) < 4.78 is 59.5. The molecule has 0 bridgehead atoms. The molecule has 0 N–H and O–H groups in total. The summed E-state index contributed by atoms with van der Waals surface area (Å²) in [6.45, 7) is 3.36. The van der Waals surface area contributed by atoms with Crippen LogP contribution < -0.4 is 4.74 Å². The van der Waals surface area contributed by atoms with Crippen LogP contribution in [0.25, 0.3) is 0 Å². The van der Waals surface area contributed by atoms with Crippen molar-refractivity contribution in [3.05, 3.63) is 58.6 Å². The van der Waals surface area contributed by atoms with E-state index in [-0.39, 0.29) is 29.2 Å². The Labute approximate surface area is 150 Å². The summed E-state index contributed by atoms with van der Waals surface area (Å²) in [6, 6.07) is 7.58. The molecule has 25 heavy (non-hydrogen) atoms. The number of ether oxygens (including phenoxy) is 1. The monoisotopic (exact) mass is 386 g/mol. The average Bonchev–Trinajstić information content (AvgIpc) is 2.57. The molecule has 1 aliphatic heterocycles. The van der Waals surface area contributed by atoms with Gasteiger partial charge in [-0.2, -0.15) is 0 Å². The molecule has 2 aromatic carbocycles. The minimum atomic E-state index is -4.04. The number of sulfone groups is 1. The SMILES string of the molecule is CC(C)C1(S(=O)(=O)c2ccc(Cl)cc2)CCOc2c(F)ccc(F)c21. The molecule has 3 nitrogen and oxygen atoms in total. The Balaban J connectivity index is 2.35. The molecule has 1 atom stereocenters. The number of fused-ring (bicyclic) bond motifs is 1. The molecule has 1 heterocycles. The molecule has 0 radical (unpaired) electrons. The van der Waals surface area contributed by atoms with Gasteiger partial charge >= 0.3 is 0 Å². The normalized spacial score (nSPS) is 20.2. The molecule has 0 saturated heterocycles. The van der Waals surface area contributed by atoms with Crippen LogP contribution in [0.15, 0.2) is 41.3 Å². The highest BCUT2D eigenvalue weighted by molar-refractivity contribution is 7.92. The second-order valence-electron chi connectivity index (χ2n) is 6.33. The first-order valence-corrected chi connectivity index (χ1v) is 9.69. The second kappa shape index (κ2) is 6.25. The number of halogens is 3. The van der Waals surface area contributed by atoms with Gasteiger partial charge in [-0.1, -0.05) is 25.4 Å². The van der Waals surface area contributed by atoms with Crippen molar-refractivity contribution < 1.29 is 21.9 Å². The highest BCUT2D eigenvalue weighted by Crippen LogP contribution is 2.51. The fourth-order valence-electron chi connectivity index (χ4n) is 3.48. The summed E-state index contributed by atoms with van der Waals surface area (Å²) in [5.74, 6) is -2.39. The van der Waals surface area contributed by atoms with E-state index in [0.29, 0.717) is 5.02 Å². The molecule has 0 aliphatic carbocycles. The molecule has 0 fully saturated rings. The number of benzene rings is 2. The Morgan fingerprint density at radius 2 is 1.68 bits per heavy atom. The molecule has 0 spiro atoms. The van der Waals surface area contributed by atoms with E-state index in [1.54, 1.807) is 13.8 Å². The van der Waals surface area contributed by atoms with E-state index in [4.69, 9.17) is 16.3 Å². The van der Waals surface area contributed by atoms with Crippen molar-refractivity contribution in [1.29, 1.82) is 0 Å². The van der Waals surface area contributed by atoms with Gasteiger partial charge < -0.3 is 4.74 Å². The van der Waals surface area contributed by atoms with E-state index in [1.165, 1.54) is 24.3 Å². The Hall–Kier alpha value is -1.66. The van der Waals surface area contributed by atoms with Crippen molar-refractivity contribution in [3.63, 3.8) is 0 Å². The van der Waals surface area contributed by atoms with Gasteiger partial charge in [0.2, 0.25) is 0 Å². The van der Waals surface area contributed by atoms with Crippen LogP contribution in [-0.2, 0) is 14.6 Å². The maximum Gasteiger partial charge on any atom is 0.188 e. The molecular weight excluding hydrogens is 370 g/mol. The first kappa shape index (κ1) is 18.1. The Bertz CT molecular complexity index is 911. The fraction of sp³-hybridized carbons (Fsp3) is 0.333. The highest BCUT2D eigenvalue weighted by atomic mass is 35.5. The van der Waals surface area contributed by atoms with E-state index in [2.05, 4.69) is 0 Å². The lowest BCUT2D eigenvalue weighted by atomic mass is 9.82. The summed E-state index contributed by atoms with van der Waals surface area (Å²) in [5.41, 5.74) is -0.233. The summed E-state index contributed by atoms with van der Waals surface area (Å²) in [4.78, 5) is 0.0158. The summed E-state index contributed by atoms with van der Waals surface area (Å²) in [7, 11) is -4.04. The average molecular weight is 387 g/mol. The topological polar surface area (TPSA) is 43.4 Å². The molecule has 1 unspecified atom stereocenters. The molecule has 1 aliphatic rings. The Morgan fingerprint density at radius 3 is 2.28 bits per heavy atom. The van der Waals surface area contributed by atoms with E-state index in [0.717, 1.165) is 12.1 Å². The van der Waals surface area contributed by atoms with Gasteiger partial charge in [0, 0.05) is 11.4 Å². The van der Waals surface area contributed by atoms with Gasteiger partial charge in [-0.15, -0.1) is 0 Å². The van der Waals surface area contributed by atoms with Crippen molar-refractivity contribution >= 4 is 21.4 Å². The van der Waals surface area contributed by atoms with E-state index in [1.807, 2.05) is 0 Å². The van der Waals surface area contributed by atoms with Crippen LogP contribution in [-0.4, -0.2) is 15.0 Å². The predicted octanol–water partition coefficient (Wildman–Crippen LogP) is 4.73. The quantitative estimate of drug-likeness (QED) is 0.766. The molecule has 0 aromatic heterocycles. The van der Waals surface area contributed by atoms with Gasteiger partial charge in [0.25, 0.3) is 0 Å². The lowest BCUT2D eigenvalue weighted by Crippen LogP contribution is -2.45. The standard InChI is InChI=1S/C18H17ClF2O3S/c1-11(2)18(25(22,23)13-5-3-12(19)4-6-13)9-10-24-17-15(21)8-7-14(20)16(17)18/h3-8,11H,9-10H2,1-2H3. The maximum atomic E-state index is 14.7. The van der Waals surface area contributed by atoms with Gasteiger partial charge in [0.1, 0.15) is 10.6 Å². The molecule has 7 heteroatoms. The summed E-state index contributed by atoms with van der Waals surface area (Å²) >= 11 is 5.85. The zero-order valence-electron chi connectivity index (χ0n) is 13.7. The molecule has 0 amide bonds. The zero-order chi connectivity index (χ0) is 18.4. The maximum absolute atomic E-state index is 14.7.